The lowest BCUT2D eigenvalue weighted by Gasteiger charge is -2.12. The van der Waals surface area contributed by atoms with Gasteiger partial charge in [-0.05, 0) is 18.6 Å². The highest BCUT2D eigenvalue weighted by atomic mass is 32.1. The number of nitro groups is 1. The second-order valence-corrected chi connectivity index (χ2v) is 7.34. The number of hydrogen-bond donors (Lipinski definition) is 0. The monoisotopic (exact) mass is 393 g/mol. The number of aromatic nitrogens is 2. The molecule has 28 heavy (non-hydrogen) atoms. The van der Waals surface area contributed by atoms with Crippen LogP contribution in [0.1, 0.15) is 13.3 Å². The van der Waals surface area contributed by atoms with Crippen molar-refractivity contribution in [2.75, 3.05) is 0 Å². The van der Waals surface area contributed by atoms with Crippen molar-refractivity contribution in [2.24, 2.45) is 0 Å². The molecule has 4 rings (SSSR count). The third kappa shape index (κ3) is 2.87. The Morgan fingerprint density at radius 2 is 1.93 bits per heavy atom. The molecule has 2 aromatic heterocycles. The van der Waals surface area contributed by atoms with Crippen LogP contribution in [0.3, 0.4) is 0 Å². The first-order valence-electron chi connectivity index (χ1n) is 8.72. The molecule has 0 unspecified atom stereocenters. The summed E-state index contributed by atoms with van der Waals surface area (Å²) in [5.74, 6) is 0.328. The maximum atomic E-state index is 13.2. The maximum Gasteiger partial charge on any atom is 0.270 e. The van der Waals surface area contributed by atoms with E-state index in [1.807, 2.05) is 19.1 Å². The third-order valence-corrected chi connectivity index (χ3v) is 5.53. The Hall–Kier alpha value is -3.39. The SMILES string of the molecule is CCCn1c(-c2cccc([N+](=O)[O-])c2)nc2sc3ccccc3c(=O)c2c1=O. The van der Waals surface area contributed by atoms with Crippen molar-refractivity contribution >= 4 is 37.3 Å². The minimum Gasteiger partial charge on any atom is -0.292 e. The van der Waals surface area contributed by atoms with Crippen molar-refractivity contribution in [1.82, 2.24) is 9.55 Å². The van der Waals surface area contributed by atoms with Crippen molar-refractivity contribution in [3.63, 3.8) is 0 Å². The van der Waals surface area contributed by atoms with Crippen LogP contribution in [0.5, 0.6) is 0 Å². The maximum absolute atomic E-state index is 13.2. The van der Waals surface area contributed by atoms with Crippen LogP contribution >= 0.6 is 11.3 Å². The van der Waals surface area contributed by atoms with E-state index in [2.05, 4.69) is 4.98 Å². The van der Waals surface area contributed by atoms with Gasteiger partial charge in [0.25, 0.3) is 11.2 Å². The quantitative estimate of drug-likeness (QED) is 0.297. The first-order chi connectivity index (χ1) is 13.5. The molecule has 0 atom stereocenters. The van der Waals surface area contributed by atoms with Crippen LogP contribution in [0.2, 0.25) is 0 Å². The van der Waals surface area contributed by atoms with Gasteiger partial charge in [0.05, 0.1) is 4.92 Å². The predicted octanol–water partition coefficient (Wildman–Crippen LogP) is 3.96. The van der Waals surface area contributed by atoms with E-state index in [4.69, 9.17) is 0 Å². The molecule has 2 heterocycles. The minimum atomic E-state index is -0.487. The number of non-ortho nitro benzene ring substituents is 1. The van der Waals surface area contributed by atoms with Crippen LogP contribution in [0, 0.1) is 10.1 Å². The molecule has 0 aliphatic carbocycles. The van der Waals surface area contributed by atoms with Gasteiger partial charge in [-0.1, -0.05) is 31.2 Å². The van der Waals surface area contributed by atoms with Crippen molar-refractivity contribution < 1.29 is 4.92 Å². The van der Waals surface area contributed by atoms with E-state index in [0.717, 1.165) is 4.70 Å². The fraction of sp³-hybridized carbons (Fsp3) is 0.150. The molecule has 0 radical (unpaired) electrons. The number of fused-ring (bicyclic) bond motifs is 2. The zero-order chi connectivity index (χ0) is 19.8. The normalized spacial score (nSPS) is 11.2. The standard InChI is InChI=1S/C20H15N3O4S/c1-2-10-22-18(12-6-5-7-13(11-12)23(26)27)21-19-16(20(22)25)17(24)14-8-3-4-9-15(14)28-19/h3-9,11H,2,10H2,1H3. The number of benzene rings is 2. The fourth-order valence-electron chi connectivity index (χ4n) is 3.20. The van der Waals surface area contributed by atoms with Crippen LogP contribution < -0.4 is 11.0 Å². The molecular weight excluding hydrogens is 378 g/mol. The lowest BCUT2D eigenvalue weighted by atomic mass is 10.1. The molecule has 0 spiro atoms. The van der Waals surface area contributed by atoms with Gasteiger partial charge >= 0.3 is 0 Å². The van der Waals surface area contributed by atoms with Gasteiger partial charge in [-0.2, -0.15) is 0 Å². The van der Waals surface area contributed by atoms with E-state index in [9.17, 15) is 19.7 Å². The van der Waals surface area contributed by atoms with E-state index < -0.39 is 10.5 Å². The van der Waals surface area contributed by atoms with E-state index in [1.54, 1.807) is 24.3 Å². The first kappa shape index (κ1) is 18.0. The highest BCUT2D eigenvalue weighted by molar-refractivity contribution is 7.24. The number of hydrogen-bond acceptors (Lipinski definition) is 6. The molecule has 0 saturated heterocycles. The molecule has 2 aromatic carbocycles. The lowest BCUT2D eigenvalue weighted by Crippen LogP contribution is -2.27. The largest absolute Gasteiger partial charge is 0.292 e. The first-order valence-corrected chi connectivity index (χ1v) is 9.54. The third-order valence-electron chi connectivity index (χ3n) is 4.46. The average Bonchev–Trinajstić information content (AvgIpc) is 2.70. The van der Waals surface area contributed by atoms with Gasteiger partial charge in [0, 0.05) is 34.3 Å². The summed E-state index contributed by atoms with van der Waals surface area (Å²) in [5.41, 5.74) is -0.367. The molecule has 140 valence electrons. The molecule has 0 N–H and O–H groups in total. The predicted molar refractivity (Wildman–Crippen MR) is 110 cm³/mol. The summed E-state index contributed by atoms with van der Waals surface area (Å²) < 4.78 is 2.18. The highest BCUT2D eigenvalue weighted by Gasteiger charge is 2.18. The molecule has 0 amide bonds. The van der Waals surface area contributed by atoms with Gasteiger partial charge in [-0.15, -0.1) is 11.3 Å². The number of rotatable bonds is 4. The second-order valence-electron chi connectivity index (χ2n) is 6.31. The molecule has 0 bridgehead atoms. The van der Waals surface area contributed by atoms with Crippen molar-refractivity contribution in [1.29, 1.82) is 0 Å². The van der Waals surface area contributed by atoms with Crippen LogP contribution in [-0.2, 0) is 6.54 Å². The van der Waals surface area contributed by atoms with Crippen molar-refractivity contribution in [3.8, 4) is 11.4 Å². The number of nitro benzene ring substituents is 1. The van der Waals surface area contributed by atoms with E-state index in [0.29, 0.717) is 34.6 Å². The van der Waals surface area contributed by atoms with Crippen LogP contribution in [-0.4, -0.2) is 14.5 Å². The zero-order valence-electron chi connectivity index (χ0n) is 14.9. The number of nitrogens with zero attached hydrogens (tertiary/aromatic N) is 3. The fourth-order valence-corrected chi connectivity index (χ4v) is 4.24. The summed E-state index contributed by atoms with van der Waals surface area (Å²) in [6.07, 6.45) is 0.653. The van der Waals surface area contributed by atoms with Gasteiger partial charge in [0.2, 0.25) is 5.43 Å². The molecule has 0 aliphatic heterocycles. The van der Waals surface area contributed by atoms with Crippen LogP contribution in [0.4, 0.5) is 5.69 Å². The summed E-state index contributed by atoms with van der Waals surface area (Å²) >= 11 is 1.27. The van der Waals surface area contributed by atoms with Gasteiger partial charge in [0.15, 0.2) is 0 Å². The van der Waals surface area contributed by atoms with Gasteiger partial charge < -0.3 is 0 Å². The molecule has 7 nitrogen and oxygen atoms in total. The second kappa shape index (κ2) is 6.97. The Morgan fingerprint density at radius 3 is 2.68 bits per heavy atom. The topological polar surface area (TPSA) is 95.1 Å². The van der Waals surface area contributed by atoms with Gasteiger partial charge in [0.1, 0.15) is 16.0 Å². The van der Waals surface area contributed by atoms with Crippen molar-refractivity contribution in [2.45, 2.75) is 19.9 Å². The summed E-state index contributed by atoms with van der Waals surface area (Å²) in [7, 11) is 0. The Balaban J connectivity index is 2.12. The summed E-state index contributed by atoms with van der Waals surface area (Å²) in [6, 6.07) is 13.1. The Bertz CT molecular complexity index is 1360. The minimum absolute atomic E-state index is 0.0614. The van der Waals surface area contributed by atoms with E-state index in [-0.39, 0.29) is 16.5 Å². The van der Waals surface area contributed by atoms with Gasteiger partial charge in [-0.25, -0.2) is 4.98 Å². The molecule has 8 heteroatoms. The highest BCUT2D eigenvalue weighted by Crippen LogP contribution is 2.26. The zero-order valence-corrected chi connectivity index (χ0v) is 15.7. The van der Waals surface area contributed by atoms with Crippen LogP contribution in [0.15, 0.2) is 58.1 Å². The molecule has 0 aliphatic rings. The van der Waals surface area contributed by atoms with Gasteiger partial charge in [-0.3, -0.25) is 24.3 Å². The average molecular weight is 393 g/mol. The summed E-state index contributed by atoms with van der Waals surface area (Å²) in [5, 5.41) is 11.7. The van der Waals surface area contributed by atoms with Crippen LogP contribution in [0.25, 0.3) is 31.7 Å². The molecule has 4 aromatic rings. The van der Waals surface area contributed by atoms with E-state index >= 15 is 0 Å². The van der Waals surface area contributed by atoms with Crippen molar-refractivity contribution in [3.05, 3.63) is 79.2 Å². The summed E-state index contributed by atoms with van der Waals surface area (Å²) in [6.45, 7) is 2.27. The van der Waals surface area contributed by atoms with E-state index in [1.165, 1.54) is 28.0 Å². The Morgan fingerprint density at radius 1 is 1.14 bits per heavy atom. The Labute approximate surface area is 162 Å². The Kier molecular flexibility index (Phi) is 4.48. The molecule has 0 fully saturated rings. The molecule has 0 saturated carbocycles. The lowest BCUT2D eigenvalue weighted by molar-refractivity contribution is -0.384. The molecular formula is C20H15N3O4S. The summed E-state index contributed by atoms with van der Waals surface area (Å²) in [4.78, 5) is 41.7. The smallest absolute Gasteiger partial charge is 0.270 e.